The lowest BCUT2D eigenvalue weighted by molar-refractivity contribution is -0.387. The van der Waals surface area contributed by atoms with E-state index in [9.17, 15) is 23.3 Å². The number of esters is 1. The Morgan fingerprint density at radius 1 is 1.39 bits per heavy atom. The fourth-order valence-corrected chi connectivity index (χ4v) is 2.76. The van der Waals surface area contributed by atoms with E-state index in [0.29, 0.717) is 0 Å². The van der Waals surface area contributed by atoms with E-state index in [1.165, 1.54) is 12.1 Å². The molecule has 0 aliphatic rings. The molecule has 1 atom stereocenters. The van der Waals surface area contributed by atoms with Crippen LogP contribution in [0.1, 0.15) is 6.92 Å². The van der Waals surface area contributed by atoms with E-state index in [1.807, 2.05) is 0 Å². The third kappa shape index (κ3) is 2.48. The van der Waals surface area contributed by atoms with E-state index < -0.39 is 36.6 Å². The Bertz CT molecular complexity index is 580. The second kappa shape index (κ2) is 5.13. The molecule has 1 rings (SSSR count). The van der Waals surface area contributed by atoms with Gasteiger partial charge in [-0.05, 0) is 13.0 Å². The van der Waals surface area contributed by atoms with Crippen molar-refractivity contribution in [2.24, 2.45) is 0 Å². The largest absolute Gasteiger partial charge is 0.468 e. The van der Waals surface area contributed by atoms with Crippen molar-refractivity contribution < 1.29 is 22.9 Å². The van der Waals surface area contributed by atoms with Gasteiger partial charge < -0.3 is 4.74 Å². The molecule has 0 N–H and O–H groups in total. The monoisotopic (exact) mass is 273 g/mol. The molecule has 0 bridgehead atoms. The number of hydrogen-bond acceptors (Lipinski definition) is 6. The van der Waals surface area contributed by atoms with Gasteiger partial charge in [-0.25, -0.2) is 8.42 Å². The van der Waals surface area contributed by atoms with Gasteiger partial charge in [0.1, 0.15) is 4.90 Å². The molecule has 0 amide bonds. The fraction of sp³-hybridized carbons (Fsp3) is 0.300. The number of methoxy groups -OCH3 is 1. The summed E-state index contributed by atoms with van der Waals surface area (Å²) in [5.74, 6) is -0.965. The van der Waals surface area contributed by atoms with Gasteiger partial charge in [0.15, 0.2) is 15.1 Å². The van der Waals surface area contributed by atoms with Crippen LogP contribution in [0.5, 0.6) is 0 Å². The SMILES string of the molecule is COC(=O)C(C)S(=O)(=O)c1ccccc1[N+](=O)[O-]. The van der Waals surface area contributed by atoms with Crippen LogP contribution in [0.15, 0.2) is 29.2 Å². The van der Waals surface area contributed by atoms with E-state index in [-0.39, 0.29) is 0 Å². The van der Waals surface area contributed by atoms with Gasteiger partial charge in [0.2, 0.25) is 0 Å². The predicted molar refractivity (Wildman–Crippen MR) is 61.8 cm³/mol. The molecule has 0 saturated heterocycles. The maximum absolute atomic E-state index is 12.1. The highest BCUT2D eigenvalue weighted by Crippen LogP contribution is 2.26. The van der Waals surface area contributed by atoms with E-state index in [0.717, 1.165) is 26.2 Å². The van der Waals surface area contributed by atoms with Crippen molar-refractivity contribution in [3.63, 3.8) is 0 Å². The van der Waals surface area contributed by atoms with Crippen molar-refractivity contribution in [3.8, 4) is 0 Å². The third-order valence-corrected chi connectivity index (χ3v) is 4.45. The Hall–Kier alpha value is -1.96. The molecule has 0 aromatic heterocycles. The first-order valence-electron chi connectivity index (χ1n) is 4.87. The molecular weight excluding hydrogens is 262 g/mol. The number of ether oxygens (including phenoxy) is 1. The van der Waals surface area contributed by atoms with Gasteiger partial charge in [0, 0.05) is 6.07 Å². The quantitative estimate of drug-likeness (QED) is 0.459. The molecule has 8 heteroatoms. The molecule has 1 unspecified atom stereocenters. The highest BCUT2D eigenvalue weighted by atomic mass is 32.2. The van der Waals surface area contributed by atoms with Gasteiger partial charge >= 0.3 is 5.97 Å². The number of para-hydroxylation sites is 1. The Labute approximate surface area is 103 Å². The van der Waals surface area contributed by atoms with Crippen molar-refractivity contribution in [1.82, 2.24) is 0 Å². The molecule has 0 aliphatic carbocycles. The number of carbonyl (C=O) groups excluding carboxylic acids is 1. The van der Waals surface area contributed by atoms with Crippen LogP contribution in [0, 0.1) is 10.1 Å². The average Bonchev–Trinajstić information content (AvgIpc) is 2.36. The fourth-order valence-electron chi connectivity index (χ4n) is 1.33. The lowest BCUT2D eigenvalue weighted by Crippen LogP contribution is -2.28. The summed E-state index contributed by atoms with van der Waals surface area (Å²) >= 11 is 0. The second-order valence-electron chi connectivity index (χ2n) is 3.44. The average molecular weight is 273 g/mol. The number of nitro benzene ring substituents is 1. The van der Waals surface area contributed by atoms with Gasteiger partial charge in [-0.15, -0.1) is 0 Å². The van der Waals surface area contributed by atoms with E-state index >= 15 is 0 Å². The number of carbonyl (C=O) groups is 1. The zero-order chi connectivity index (χ0) is 13.9. The molecule has 0 aliphatic heterocycles. The zero-order valence-electron chi connectivity index (χ0n) is 9.69. The minimum atomic E-state index is -4.14. The predicted octanol–water partition coefficient (Wildman–Crippen LogP) is 0.930. The molecule has 0 heterocycles. The van der Waals surface area contributed by atoms with Crippen molar-refractivity contribution in [1.29, 1.82) is 0 Å². The lowest BCUT2D eigenvalue weighted by atomic mass is 10.3. The molecule has 0 spiro atoms. The van der Waals surface area contributed by atoms with E-state index in [4.69, 9.17) is 0 Å². The molecule has 0 fully saturated rings. The Morgan fingerprint density at radius 3 is 2.44 bits per heavy atom. The van der Waals surface area contributed by atoms with Gasteiger partial charge in [-0.1, -0.05) is 12.1 Å². The third-order valence-electron chi connectivity index (χ3n) is 2.37. The van der Waals surface area contributed by atoms with Crippen molar-refractivity contribution >= 4 is 21.5 Å². The van der Waals surface area contributed by atoms with E-state index in [2.05, 4.69) is 4.74 Å². The molecule has 1 aromatic rings. The molecule has 98 valence electrons. The first-order valence-corrected chi connectivity index (χ1v) is 6.42. The number of rotatable bonds is 4. The zero-order valence-corrected chi connectivity index (χ0v) is 10.5. The molecule has 0 saturated carbocycles. The number of nitrogens with zero attached hydrogens (tertiary/aromatic N) is 1. The first kappa shape index (κ1) is 14.1. The van der Waals surface area contributed by atoms with Gasteiger partial charge in [-0.2, -0.15) is 0 Å². The van der Waals surface area contributed by atoms with Gasteiger partial charge in [0.05, 0.1) is 12.0 Å². The number of hydrogen-bond donors (Lipinski definition) is 0. The Morgan fingerprint density at radius 2 is 1.94 bits per heavy atom. The molecule has 18 heavy (non-hydrogen) atoms. The summed E-state index contributed by atoms with van der Waals surface area (Å²) in [6.45, 7) is 1.12. The van der Waals surface area contributed by atoms with Crippen LogP contribution in [0.4, 0.5) is 5.69 Å². The van der Waals surface area contributed by atoms with Gasteiger partial charge in [0.25, 0.3) is 5.69 Å². The van der Waals surface area contributed by atoms with Gasteiger partial charge in [-0.3, -0.25) is 14.9 Å². The smallest absolute Gasteiger partial charge is 0.324 e. The van der Waals surface area contributed by atoms with Crippen molar-refractivity contribution in [2.75, 3.05) is 7.11 Å². The maximum Gasteiger partial charge on any atom is 0.324 e. The minimum absolute atomic E-state index is 0.493. The molecule has 0 radical (unpaired) electrons. The maximum atomic E-state index is 12.1. The van der Waals surface area contributed by atoms with Crippen molar-refractivity contribution in [3.05, 3.63) is 34.4 Å². The van der Waals surface area contributed by atoms with Crippen LogP contribution >= 0.6 is 0 Å². The highest BCUT2D eigenvalue weighted by molar-refractivity contribution is 7.92. The Balaban J connectivity index is 3.38. The van der Waals surface area contributed by atoms with E-state index in [1.54, 1.807) is 0 Å². The standard InChI is InChI=1S/C10H11NO6S/c1-7(10(12)17-2)18(15,16)9-6-4-3-5-8(9)11(13)14/h3-7H,1-2H3. The molecular formula is C10H11NO6S. The highest BCUT2D eigenvalue weighted by Gasteiger charge is 2.35. The summed E-state index contributed by atoms with van der Waals surface area (Å²) in [5.41, 5.74) is -0.562. The number of sulfone groups is 1. The van der Waals surface area contributed by atoms with Crippen molar-refractivity contribution in [2.45, 2.75) is 17.1 Å². The number of nitro groups is 1. The summed E-state index contributed by atoms with van der Waals surface area (Å²) < 4.78 is 28.4. The van der Waals surface area contributed by atoms with Crippen LogP contribution in [0.25, 0.3) is 0 Å². The summed E-state index contributed by atoms with van der Waals surface area (Å²) in [4.78, 5) is 20.7. The normalized spacial score (nSPS) is 12.8. The van der Waals surface area contributed by atoms with Crippen LogP contribution < -0.4 is 0 Å². The lowest BCUT2D eigenvalue weighted by Gasteiger charge is -2.10. The van der Waals surface area contributed by atoms with Crippen LogP contribution in [0.3, 0.4) is 0 Å². The second-order valence-corrected chi connectivity index (χ2v) is 5.67. The minimum Gasteiger partial charge on any atom is -0.468 e. The summed E-state index contributed by atoms with van der Waals surface area (Å²) in [6.07, 6.45) is 0. The summed E-state index contributed by atoms with van der Waals surface area (Å²) in [6, 6.07) is 4.85. The topological polar surface area (TPSA) is 104 Å². The summed E-state index contributed by atoms with van der Waals surface area (Å²) in [5, 5.41) is 9.26. The molecule has 1 aromatic carbocycles. The van der Waals surface area contributed by atoms with Crippen LogP contribution in [0.2, 0.25) is 0 Å². The number of benzene rings is 1. The Kier molecular flexibility index (Phi) is 4.02. The summed E-state index contributed by atoms with van der Waals surface area (Å²) in [7, 11) is -3.09. The first-order chi connectivity index (χ1) is 8.32. The van der Waals surface area contributed by atoms with Crippen LogP contribution in [-0.4, -0.2) is 31.7 Å². The van der Waals surface area contributed by atoms with Crippen LogP contribution in [-0.2, 0) is 19.4 Å². The molecule has 7 nitrogen and oxygen atoms in total.